The van der Waals surface area contributed by atoms with E-state index in [4.69, 9.17) is 16.9 Å². The number of pyridine rings is 1. The highest BCUT2D eigenvalue weighted by molar-refractivity contribution is 9.10. The third-order valence-electron chi connectivity index (χ3n) is 1.89. The van der Waals surface area contributed by atoms with E-state index >= 15 is 0 Å². The van der Waals surface area contributed by atoms with Crippen LogP contribution in [0.15, 0.2) is 28.9 Å². The number of nitriles is 1. The lowest BCUT2D eigenvalue weighted by Crippen LogP contribution is -1.82. The van der Waals surface area contributed by atoms with Gasteiger partial charge in [-0.1, -0.05) is 11.6 Å². The predicted octanol–water partition coefficient (Wildman–Crippen LogP) is 3.52. The van der Waals surface area contributed by atoms with Gasteiger partial charge >= 0.3 is 0 Å². The van der Waals surface area contributed by atoms with Crippen LogP contribution in [0.4, 0.5) is 0 Å². The van der Waals surface area contributed by atoms with Crippen LogP contribution in [0.1, 0.15) is 5.56 Å². The Kier molecular flexibility index (Phi) is 2.40. The second-order valence-electron chi connectivity index (χ2n) is 2.76. The van der Waals surface area contributed by atoms with Crippen LogP contribution in [0.5, 0.6) is 0 Å². The van der Waals surface area contributed by atoms with Crippen molar-refractivity contribution >= 4 is 38.4 Å². The lowest BCUT2D eigenvalue weighted by atomic mass is 10.1. The second kappa shape index (κ2) is 3.56. The van der Waals surface area contributed by atoms with Gasteiger partial charge in [-0.2, -0.15) is 5.26 Å². The van der Waals surface area contributed by atoms with Gasteiger partial charge in [0, 0.05) is 11.6 Å². The molecular weight excluding hydrogens is 263 g/mol. The maximum absolute atomic E-state index is 8.73. The Morgan fingerprint density at radius 1 is 1.43 bits per heavy atom. The van der Waals surface area contributed by atoms with Crippen molar-refractivity contribution in [2.24, 2.45) is 0 Å². The molecule has 0 aliphatic carbocycles. The van der Waals surface area contributed by atoms with Crippen LogP contribution < -0.4 is 0 Å². The fourth-order valence-corrected chi connectivity index (χ4v) is 1.72. The lowest BCUT2D eigenvalue weighted by Gasteiger charge is -2.01. The highest BCUT2D eigenvalue weighted by Crippen LogP contribution is 2.29. The average Bonchev–Trinajstić information content (AvgIpc) is 2.23. The highest BCUT2D eigenvalue weighted by Gasteiger charge is 2.04. The summed E-state index contributed by atoms with van der Waals surface area (Å²) in [4.78, 5) is 4.18. The first-order valence-corrected chi connectivity index (χ1v) is 5.03. The van der Waals surface area contributed by atoms with E-state index in [1.807, 2.05) is 0 Å². The maximum atomic E-state index is 8.73. The predicted molar refractivity (Wildman–Crippen MR) is 59.2 cm³/mol. The summed E-state index contributed by atoms with van der Waals surface area (Å²) in [6.07, 6.45) is 1.65. The monoisotopic (exact) mass is 266 g/mol. The molecule has 0 fully saturated rings. The molecule has 0 spiro atoms. The SMILES string of the molecule is N#Cc1ccc2ncc(Br)c(Cl)c2c1. The molecule has 0 aliphatic heterocycles. The molecule has 2 rings (SSSR count). The van der Waals surface area contributed by atoms with Gasteiger partial charge in [-0.25, -0.2) is 0 Å². The van der Waals surface area contributed by atoms with E-state index < -0.39 is 0 Å². The molecule has 0 N–H and O–H groups in total. The third kappa shape index (κ3) is 1.47. The fourth-order valence-electron chi connectivity index (χ4n) is 1.21. The highest BCUT2D eigenvalue weighted by atomic mass is 79.9. The quantitative estimate of drug-likeness (QED) is 0.732. The van der Waals surface area contributed by atoms with Gasteiger partial charge in [0.2, 0.25) is 0 Å². The van der Waals surface area contributed by atoms with E-state index in [2.05, 4.69) is 27.0 Å². The van der Waals surface area contributed by atoms with Gasteiger partial charge < -0.3 is 0 Å². The number of rotatable bonds is 0. The number of halogens is 2. The van der Waals surface area contributed by atoms with Crippen molar-refractivity contribution in [3.8, 4) is 6.07 Å². The van der Waals surface area contributed by atoms with Crippen LogP contribution in [0.25, 0.3) is 10.9 Å². The Morgan fingerprint density at radius 2 is 2.21 bits per heavy atom. The van der Waals surface area contributed by atoms with Gasteiger partial charge in [0.25, 0.3) is 0 Å². The summed E-state index contributed by atoms with van der Waals surface area (Å²) in [7, 11) is 0. The van der Waals surface area contributed by atoms with E-state index in [1.54, 1.807) is 24.4 Å². The van der Waals surface area contributed by atoms with Gasteiger partial charge in [-0.15, -0.1) is 0 Å². The first-order valence-electron chi connectivity index (χ1n) is 3.86. The number of benzene rings is 1. The summed E-state index contributed by atoms with van der Waals surface area (Å²) in [5.74, 6) is 0. The summed E-state index contributed by atoms with van der Waals surface area (Å²) >= 11 is 9.34. The summed E-state index contributed by atoms with van der Waals surface area (Å²) in [6, 6.07) is 7.30. The lowest BCUT2D eigenvalue weighted by molar-refractivity contribution is 1.38. The molecule has 2 aromatic rings. The smallest absolute Gasteiger partial charge is 0.0991 e. The standard InChI is InChI=1S/C10H4BrClN2/c11-8-5-14-9-2-1-6(4-13)3-7(9)10(8)12/h1-3,5H. The van der Waals surface area contributed by atoms with E-state index in [0.29, 0.717) is 10.6 Å². The van der Waals surface area contributed by atoms with Crippen molar-refractivity contribution in [2.75, 3.05) is 0 Å². The van der Waals surface area contributed by atoms with Crippen LogP contribution >= 0.6 is 27.5 Å². The van der Waals surface area contributed by atoms with Crippen molar-refractivity contribution in [2.45, 2.75) is 0 Å². The molecule has 0 saturated carbocycles. The minimum atomic E-state index is 0.583. The fraction of sp³-hybridized carbons (Fsp3) is 0. The Bertz CT molecular complexity index is 546. The first-order chi connectivity index (χ1) is 6.72. The van der Waals surface area contributed by atoms with Crippen molar-refractivity contribution < 1.29 is 0 Å². The van der Waals surface area contributed by atoms with Crippen LogP contribution in [0.3, 0.4) is 0 Å². The molecule has 1 heterocycles. The van der Waals surface area contributed by atoms with Crippen LogP contribution in [0.2, 0.25) is 5.02 Å². The van der Waals surface area contributed by atoms with Crippen LogP contribution in [-0.4, -0.2) is 4.98 Å². The molecule has 0 atom stereocenters. The minimum absolute atomic E-state index is 0.583. The number of fused-ring (bicyclic) bond motifs is 1. The molecule has 0 bridgehead atoms. The van der Waals surface area contributed by atoms with Gasteiger partial charge in [-0.05, 0) is 34.1 Å². The molecular formula is C10H4BrClN2. The molecule has 14 heavy (non-hydrogen) atoms. The number of aromatic nitrogens is 1. The normalized spacial score (nSPS) is 10.1. The molecule has 0 aliphatic rings. The zero-order valence-corrected chi connectivity index (χ0v) is 9.30. The number of nitrogens with zero attached hydrogens (tertiary/aromatic N) is 2. The Labute approximate surface area is 94.3 Å². The second-order valence-corrected chi connectivity index (χ2v) is 4.00. The minimum Gasteiger partial charge on any atom is -0.255 e. The van der Waals surface area contributed by atoms with Gasteiger partial charge in [0.05, 0.1) is 26.6 Å². The summed E-state index contributed by atoms with van der Waals surface area (Å²) in [6.45, 7) is 0. The summed E-state index contributed by atoms with van der Waals surface area (Å²) in [5, 5.41) is 10.1. The van der Waals surface area contributed by atoms with Crippen molar-refractivity contribution in [3.05, 3.63) is 39.5 Å². The average molecular weight is 268 g/mol. The molecule has 2 nitrogen and oxygen atoms in total. The maximum Gasteiger partial charge on any atom is 0.0991 e. The van der Waals surface area contributed by atoms with Gasteiger partial charge in [0.1, 0.15) is 0 Å². The molecule has 4 heteroatoms. The summed E-state index contributed by atoms with van der Waals surface area (Å²) < 4.78 is 0.738. The first kappa shape index (κ1) is 9.45. The van der Waals surface area contributed by atoms with Crippen molar-refractivity contribution in [1.82, 2.24) is 4.98 Å². The molecule has 0 saturated heterocycles. The zero-order valence-electron chi connectivity index (χ0n) is 6.96. The molecule has 0 unspecified atom stereocenters. The van der Waals surface area contributed by atoms with Gasteiger partial charge in [0.15, 0.2) is 0 Å². The van der Waals surface area contributed by atoms with E-state index in [0.717, 1.165) is 15.4 Å². The third-order valence-corrected chi connectivity index (χ3v) is 3.13. The Balaban J connectivity index is 2.86. The molecule has 68 valence electrons. The molecule has 0 radical (unpaired) electrons. The summed E-state index contributed by atoms with van der Waals surface area (Å²) in [5.41, 5.74) is 1.37. The van der Waals surface area contributed by atoms with E-state index in [1.165, 1.54) is 0 Å². The number of hydrogen-bond acceptors (Lipinski definition) is 2. The van der Waals surface area contributed by atoms with Crippen molar-refractivity contribution in [1.29, 1.82) is 5.26 Å². The molecule has 1 aromatic carbocycles. The molecule has 0 amide bonds. The molecule has 1 aromatic heterocycles. The Morgan fingerprint density at radius 3 is 2.93 bits per heavy atom. The van der Waals surface area contributed by atoms with Crippen molar-refractivity contribution in [3.63, 3.8) is 0 Å². The Hall–Kier alpha value is -1.11. The zero-order chi connectivity index (χ0) is 10.1. The number of hydrogen-bond donors (Lipinski definition) is 0. The van der Waals surface area contributed by atoms with E-state index in [-0.39, 0.29) is 0 Å². The van der Waals surface area contributed by atoms with E-state index in [9.17, 15) is 0 Å². The van der Waals surface area contributed by atoms with Crippen LogP contribution in [0, 0.1) is 11.3 Å². The topological polar surface area (TPSA) is 36.7 Å². The van der Waals surface area contributed by atoms with Crippen LogP contribution in [-0.2, 0) is 0 Å². The van der Waals surface area contributed by atoms with Gasteiger partial charge in [-0.3, -0.25) is 4.98 Å². The largest absolute Gasteiger partial charge is 0.255 e.